The van der Waals surface area contributed by atoms with Gasteiger partial charge in [-0.2, -0.15) is 0 Å². The molecule has 0 radical (unpaired) electrons. The quantitative estimate of drug-likeness (QED) is 0.771. The van der Waals surface area contributed by atoms with Crippen LogP contribution in [-0.4, -0.2) is 25.3 Å². The summed E-state index contributed by atoms with van der Waals surface area (Å²) in [5.74, 6) is -0.173. The number of carbonyl (C=O) groups is 1. The van der Waals surface area contributed by atoms with Crippen LogP contribution in [0.4, 0.5) is 0 Å². The number of methoxy groups -OCH3 is 2. The fourth-order valence-electron chi connectivity index (χ4n) is 1.32. The first-order valence-electron chi connectivity index (χ1n) is 4.32. The van der Waals surface area contributed by atoms with E-state index in [0.717, 1.165) is 0 Å². The number of nitrogens with two attached hydrogens (primary N) is 1. The molecule has 0 heterocycles. The lowest BCUT2D eigenvalue weighted by atomic mass is 10.1. The highest BCUT2D eigenvalue weighted by molar-refractivity contribution is 5.89. The van der Waals surface area contributed by atoms with Crippen molar-refractivity contribution in [2.24, 2.45) is 5.73 Å². The molecule has 0 unspecified atom stereocenters. The van der Waals surface area contributed by atoms with Crippen LogP contribution in [0.5, 0.6) is 11.5 Å². The normalized spacial score (nSPS) is 9.80. The van der Waals surface area contributed by atoms with Crippen LogP contribution in [0, 0.1) is 0 Å². The van der Waals surface area contributed by atoms with Crippen LogP contribution in [-0.2, 0) is 6.54 Å². The molecule has 5 nitrogen and oxygen atoms in total. The minimum Gasteiger partial charge on any atom is -0.493 e. The Morgan fingerprint density at radius 2 is 2.07 bits per heavy atom. The number of ether oxygens (including phenoxy) is 2. The molecule has 1 aromatic rings. The van der Waals surface area contributed by atoms with Crippen LogP contribution in [0.25, 0.3) is 0 Å². The molecule has 0 bridgehead atoms. The van der Waals surface area contributed by atoms with Gasteiger partial charge in [0, 0.05) is 12.1 Å². The van der Waals surface area contributed by atoms with Crippen LogP contribution in [0.3, 0.4) is 0 Å². The Morgan fingerprint density at radius 3 is 2.47 bits per heavy atom. The molecule has 0 aliphatic rings. The monoisotopic (exact) mass is 211 g/mol. The summed E-state index contributed by atoms with van der Waals surface area (Å²) in [5.41, 5.74) is 6.23. The van der Waals surface area contributed by atoms with Gasteiger partial charge in [-0.25, -0.2) is 4.79 Å². The fraction of sp³-hybridized carbons (Fsp3) is 0.300. The van der Waals surface area contributed by atoms with Gasteiger partial charge in [0.15, 0.2) is 11.5 Å². The summed E-state index contributed by atoms with van der Waals surface area (Å²) in [6.45, 7) is 0.195. The molecule has 1 aromatic carbocycles. The number of hydrogen-bond acceptors (Lipinski definition) is 4. The second kappa shape index (κ2) is 4.65. The molecule has 0 aliphatic carbocycles. The number of hydrogen-bond donors (Lipinski definition) is 2. The average molecular weight is 211 g/mol. The van der Waals surface area contributed by atoms with Crippen molar-refractivity contribution in [2.75, 3.05) is 14.2 Å². The summed E-state index contributed by atoms with van der Waals surface area (Å²) < 4.78 is 10.1. The standard InChI is InChI=1S/C10H13NO4/c1-14-8-4-6(10(12)13)3-7(5-11)9(8)15-2/h3-4H,5,11H2,1-2H3,(H,12,13). The van der Waals surface area contributed by atoms with E-state index in [1.165, 1.54) is 26.4 Å². The third-order valence-corrected chi connectivity index (χ3v) is 2.02. The zero-order valence-corrected chi connectivity index (χ0v) is 8.61. The molecule has 1 rings (SSSR count). The molecule has 82 valence electrons. The Labute approximate surface area is 87.4 Å². The first-order valence-corrected chi connectivity index (χ1v) is 4.32. The van der Waals surface area contributed by atoms with Gasteiger partial charge in [0.1, 0.15) is 0 Å². The maximum atomic E-state index is 10.8. The molecule has 0 amide bonds. The van der Waals surface area contributed by atoms with E-state index in [-0.39, 0.29) is 12.1 Å². The Morgan fingerprint density at radius 1 is 1.40 bits per heavy atom. The Bertz CT molecular complexity index is 351. The summed E-state index contributed by atoms with van der Waals surface area (Å²) >= 11 is 0. The Kier molecular flexibility index (Phi) is 3.51. The van der Waals surface area contributed by atoms with Gasteiger partial charge in [-0.15, -0.1) is 0 Å². The maximum Gasteiger partial charge on any atom is 0.335 e. The summed E-state index contributed by atoms with van der Waals surface area (Å²) in [6, 6.07) is 2.88. The van der Waals surface area contributed by atoms with Gasteiger partial charge in [0.25, 0.3) is 0 Å². The van der Waals surface area contributed by atoms with Crippen molar-refractivity contribution in [1.29, 1.82) is 0 Å². The molecule has 5 heteroatoms. The van der Waals surface area contributed by atoms with Crippen molar-refractivity contribution >= 4 is 5.97 Å². The molecule has 0 atom stereocenters. The van der Waals surface area contributed by atoms with E-state index in [4.69, 9.17) is 20.3 Å². The highest BCUT2D eigenvalue weighted by atomic mass is 16.5. The van der Waals surface area contributed by atoms with E-state index in [1.54, 1.807) is 0 Å². The van der Waals surface area contributed by atoms with Crippen LogP contribution in [0.15, 0.2) is 12.1 Å². The van der Waals surface area contributed by atoms with Gasteiger partial charge in [0.05, 0.1) is 19.8 Å². The number of rotatable bonds is 4. The van der Waals surface area contributed by atoms with Gasteiger partial charge in [0.2, 0.25) is 0 Å². The number of carboxylic acid groups (broad SMARTS) is 1. The fourth-order valence-corrected chi connectivity index (χ4v) is 1.32. The molecule has 0 aliphatic heterocycles. The predicted molar refractivity (Wildman–Crippen MR) is 54.4 cm³/mol. The lowest BCUT2D eigenvalue weighted by molar-refractivity contribution is 0.0696. The molecular formula is C10H13NO4. The second-order valence-corrected chi connectivity index (χ2v) is 2.88. The van der Waals surface area contributed by atoms with Gasteiger partial charge < -0.3 is 20.3 Å². The van der Waals surface area contributed by atoms with E-state index in [2.05, 4.69) is 0 Å². The molecule has 3 N–H and O–H groups in total. The smallest absolute Gasteiger partial charge is 0.335 e. The molecule has 0 saturated carbocycles. The van der Waals surface area contributed by atoms with E-state index in [1.807, 2.05) is 0 Å². The van der Waals surface area contributed by atoms with E-state index < -0.39 is 5.97 Å². The SMILES string of the molecule is COc1cc(C(=O)O)cc(CN)c1OC. The lowest BCUT2D eigenvalue weighted by Crippen LogP contribution is -2.05. The van der Waals surface area contributed by atoms with Crippen molar-refractivity contribution < 1.29 is 19.4 Å². The summed E-state index contributed by atoms with van der Waals surface area (Å²) in [7, 11) is 2.93. The largest absolute Gasteiger partial charge is 0.493 e. The van der Waals surface area contributed by atoms with Gasteiger partial charge in [-0.05, 0) is 12.1 Å². The van der Waals surface area contributed by atoms with Crippen molar-refractivity contribution in [3.8, 4) is 11.5 Å². The second-order valence-electron chi connectivity index (χ2n) is 2.88. The minimum absolute atomic E-state index is 0.133. The maximum absolute atomic E-state index is 10.8. The summed E-state index contributed by atoms with van der Waals surface area (Å²) in [5, 5.41) is 8.85. The highest BCUT2D eigenvalue weighted by Gasteiger charge is 2.14. The highest BCUT2D eigenvalue weighted by Crippen LogP contribution is 2.32. The minimum atomic E-state index is -1.02. The van der Waals surface area contributed by atoms with Crippen molar-refractivity contribution in [3.05, 3.63) is 23.3 Å². The van der Waals surface area contributed by atoms with Crippen molar-refractivity contribution in [2.45, 2.75) is 6.54 Å². The Hall–Kier alpha value is -1.75. The van der Waals surface area contributed by atoms with Gasteiger partial charge in [-0.3, -0.25) is 0 Å². The predicted octanol–water partition coefficient (Wildman–Crippen LogP) is 0.861. The van der Waals surface area contributed by atoms with E-state index in [0.29, 0.717) is 17.1 Å². The number of carboxylic acids is 1. The van der Waals surface area contributed by atoms with Crippen LogP contribution < -0.4 is 15.2 Å². The molecular weight excluding hydrogens is 198 g/mol. The van der Waals surface area contributed by atoms with Crippen LogP contribution >= 0.6 is 0 Å². The first kappa shape index (κ1) is 11.3. The summed E-state index contributed by atoms with van der Waals surface area (Å²) in [6.07, 6.45) is 0. The van der Waals surface area contributed by atoms with E-state index >= 15 is 0 Å². The topological polar surface area (TPSA) is 81.8 Å². The van der Waals surface area contributed by atoms with Crippen molar-refractivity contribution in [1.82, 2.24) is 0 Å². The first-order chi connectivity index (χ1) is 7.13. The summed E-state index contributed by atoms with van der Waals surface area (Å²) in [4.78, 5) is 10.8. The van der Waals surface area contributed by atoms with Gasteiger partial charge in [-0.1, -0.05) is 0 Å². The average Bonchev–Trinajstić information content (AvgIpc) is 2.26. The zero-order chi connectivity index (χ0) is 11.4. The van der Waals surface area contributed by atoms with Crippen molar-refractivity contribution in [3.63, 3.8) is 0 Å². The van der Waals surface area contributed by atoms with Crippen LogP contribution in [0.1, 0.15) is 15.9 Å². The Balaban J connectivity index is 3.35. The molecule has 0 aromatic heterocycles. The molecule has 0 fully saturated rings. The van der Waals surface area contributed by atoms with E-state index in [9.17, 15) is 4.79 Å². The molecule has 0 saturated heterocycles. The molecule has 15 heavy (non-hydrogen) atoms. The lowest BCUT2D eigenvalue weighted by Gasteiger charge is -2.12. The zero-order valence-electron chi connectivity index (χ0n) is 8.61. The van der Waals surface area contributed by atoms with Gasteiger partial charge >= 0.3 is 5.97 Å². The van der Waals surface area contributed by atoms with Crippen LogP contribution in [0.2, 0.25) is 0 Å². The number of benzene rings is 1. The third-order valence-electron chi connectivity index (χ3n) is 2.02. The molecule has 0 spiro atoms. The number of aromatic carboxylic acids is 1. The third kappa shape index (κ3) is 2.19.